The molecule has 2 aliphatic rings. The highest BCUT2D eigenvalue weighted by Crippen LogP contribution is 2.40. The first-order valence-electron chi connectivity index (χ1n) is 13.9. The van der Waals surface area contributed by atoms with E-state index in [2.05, 4.69) is 84.9 Å². The molecule has 0 aromatic rings. The smallest absolute Gasteiger partial charge is 0.0145 e. The molecule has 0 bridgehead atoms. The summed E-state index contributed by atoms with van der Waals surface area (Å²) in [6.45, 7) is 22.7. The van der Waals surface area contributed by atoms with Crippen molar-refractivity contribution in [3.05, 3.63) is 0 Å². The van der Waals surface area contributed by atoms with Crippen LogP contribution in [0.3, 0.4) is 0 Å². The first-order valence-corrected chi connectivity index (χ1v) is 13.9. The van der Waals surface area contributed by atoms with Gasteiger partial charge in [-0.05, 0) is 113 Å². The van der Waals surface area contributed by atoms with E-state index < -0.39 is 0 Å². The number of nitrogens with zero attached hydrogens (tertiary/aromatic N) is 1. The third kappa shape index (κ3) is 9.26. The van der Waals surface area contributed by atoms with Crippen molar-refractivity contribution >= 4 is 0 Å². The second-order valence-electron chi connectivity index (χ2n) is 14.2. The summed E-state index contributed by atoms with van der Waals surface area (Å²) >= 11 is 0. The standard InChI is InChI=1S/C29H59N3/c1-11-16-23(24-19-26(2,3)30-27(4,5)20-24)17-14-12-13-15-18-32(10)25-21-28(6,7)31-29(8,9)22-25/h23-25,30-31H,11-22H2,1-10H3. The van der Waals surface area contributed by atoms with Gasteiger partial charge in [0.1, 0.15) is 0 Å². The van der Waals surface area contributed by atoms with Crippen molar-refractivity contribution in [2.75, 3.05) is 13.6 Å². The number of hydrogen-bond donors (Lipinski definition) is 2. The number of piperidine rings is 2. The van der Waals surface area contributed by atoms with E-state index in [-0.39, 0.29) is 22.2 Å². The quantitative estimate of drug-likeness (QED) is 0.328. The van der Waals surface area contributed by atoms with Gasteiger partial charge in [-0.1, -0.05) is 45.4 Å². The van der Waals surface area contributed by atoms with E-state index in [0.29, 0.717) is 6.04 Å². The molecule has 0 spiro atoms. The van der Waals surface area contributed by atoms with Crippen LogP contribution in [0.15, 0.2) is 0 Å². The molecule has 2 heterocycles. The topological polar surface area (TPSA) is 27.3 Å². The largest absolute Gasteiger partial charge is 0.307 e. The predicted molar refractivity (Wildman–Crippen MR) is 142 cm³/mol. The molecule has 2 aliphatic heterocycles. The summed E-state index contributed by atoms with van der Waals surface area (Å²) in [7, 11) is 2.36. The number of rotatable bonds is 11. The SMILES string of the molecule is CCCC(CCCCCCN(C)C1CC(C)(C)NC(C)(C)C1)C1CC(C)(C)NC(C)(C)C1. The Bertz CT molecular complexity index is 531. The van der Waals surface area contributed by atoms with Gasteiger partial charge in [-0.25, -0.2) is 0 Å². The zero-order valence-corrected chi connectivity index (χ0v) is 23.7. The molecule has 1 atom stereocenters. The van der Waals surface area contributed by atoms with Gasteiger partial charge < -0.3 is 15.5 Å². The van der Waals surface area contributed by atoms with Crippen molar-refractivity contribution in [2.24, 2.45) is 11.8 Å². The molecular formula is C29H59N3. The molecule has 0 saturated carbocycles. The minimum absolute atomic E-state index is 0.243. The van der Waals surface area contributed by atoms with Gasteiger partial charge in [-0.3, -0.25) is 0 Å². The minimum atomic E-state index is 0.243. The lowest BCUT2D eigenvalue weighted by Gasteiger charge is -2.49. The Balaban J connectivity index is 1.72. The number of nitrogens with one attached hydrogen (secondary N) is 2. The van der Waals surface area contributed by atoms with E-state index in [1.807, 2.05) is 0 Å². The van der Waals surface area contributed by atoms with Crippen LogP contribution >= 0.6 is 0 Å². The summed E-state index contributed by atoms with van der Waals surface area (Å²) in [5.41, 5.74) is 1.04. The summed E-state index contributed by atoms with van der Waals surface area (Å²) in [4.78, 5) is 2.66. The zero-order valence-electron chi connectivity index (χ0n) is 23.7. The zero-order chi connectivity index (χ0) is 24.2. The molecule has 2 rings (SSSR count). The highest BCUT2D eigenvalue weighted by molar-refractivity contribution is 5.00. The number of unbranched alkanes of at least 4 members (excludes halogenated alkanes) is 3. The highest BCUT2D eigenvalue weighted by Gasteiger charge is 2.40. The molecule has 190 valence electrons. The monoisotopic (exact) mass is 449 g/mol. The van der Waals surface area contributed by atoms with Gasteiger partial charge in [-0.15, -0.1) is 0 Å². The highest BCUT2D eigenvalue weighted by atomic mass is 15.2. The number of hydrogen-bond acceptors (Lipinski definition) is 3. The first-order chi connectivity index (χ1) is 14.6. The maximum absolute atomic E-state index is 3.88. The van der Waals surface area contributed by atoms with Crippen molar-refractivity contribution in [2.45, 2.75) is 161 Å². The summed E-state index contributed by atoms with van der Waals surface area (Å²) in [6, 6.07) is 0.710. The Kier molecular flexibility index (Phi) is 9.74. The molecule has 0 amide bonds. The van der Waals surface area contributed by atoms with Gasteiger partial charge in [0.05, 0.1) is 0 Å². The fourth-order valence-corrected chi connectivity index (χ4v) is 7.61. The Morgan fingerprint density at radius 2 is 1.16 bits per heavy atom. The van der Waals surface area contributed by atoms with Gasteiger partial charge in [-0.2, -0.15) is 0 Å². The first kappa shape index (κ1) is 28.1. The van der Waals surface area contributed by atoms with Crippen LogP contribution in [-0.4, -0.2) is 46.7 Å². The Morgan fingerprint density at radius 1 is 0.688 bits per heavy atom. The van der Waals surface area contributed by atoms with E-state index >= 15 is 0 Å². The Morgan fingerprint density at radius 3 is 1.66 bits per heavy atom. The van der Waals surface area contributed by atoms with E-state index in [9.17, 15) is 0 Å². The second-order valence-corrected chi connectivity index (χ2v) is 14.2. The minimum Gasteiger partial charge on any atom is -0.307 e. The lowest BCUT2D eigenvalue weighted by molar-refractivity contribution is 0.0797. The fourth-order valence-electron chi connectivity index (χ4n) is 7.61. The van der Waals surface area contributed by atoms with Crippen LogP contribution in [0.2, 0.25) is 0 Å². The summed E-state index contributed by atoms with van der Waals surface area (Å²) in [6.07, 6.45) is 15.0. The molecule has 0 aliphatic carbocycles. The molecular weight excluding hydrogens is 390 g/mol. The van der Waals surface area contributed by atoms with Gasteiger partial charge >= 0.3 is 0 Å². The van der Waals surface area contributed by atoms with Crippen LogP contribution in [0.25, 0.3) is 0 Å². The van der Waals surface area contributed by atoms with E-state index in [4.69, 9.17) is 0 Å². The van der Waals surface area contributed by atoms with Crippen LogP contribution in [-0.2, 0) is 0 Å². The lowest BCUT2D eigenvalue weighted by Crippen LogP contribution is -2.61. The van der Waals surface area contributed by atoms with Gasteiger partial charge in [0.25, 0.3) is 0 Å². The van der Waals surface area contributed by atoms with Crippen LogP contribution in [0.4, 0.5) is 0 Å². The van der Waals surface area contributed by atoms with Crippen LogP contribution in [0.1, 0.15) is 133 Å². The van der Waals surface area contributed by atoms with E-state index in [1.165, 1.54) is 77.2 Å². The Hall–Kier alpha value is -0.120. The molecule has 0 radical (unpaired) electrons. The molecule has 2 saturated heterocycles. The van der Waals surface area contributed by atoms with Gasteiger partial charge in [0.15, 0.2) is 0 Å². The normalized spacial score (nSPS) is 26.3. The lowest BCUT2D eigenvalue weighted by atomic mass is 9.68. The maximum atomic E-state index is 3.88. The van der Waals surface area contributed by atoms with Crippen molar-refractivity contribution in [3.8, 4) is 0 Å². The summed E-state index contributed by atoms with van der Waals surface area (Å²) in [5, 5.41) is 7.71. The molecule has 32 heavy (non-hydrogen) atoms. The fraction of sp³-hybridized carbons (Fsp3) is 1.00. The molecule has 2 fully saturated rings. The average Bonchev–Trinajstić information content (AvgIpc) is 2.58. The maximum Gasteiger partial charge on any atom is 0.0145 e. The predicted octanol–water partition coefficient (Wildman–Crippen LogP) is 7.15. The summed E-state index contributed by atoms with van der Waals surface area (Å²) in [5.74, 6) is 1.81. The van der Waals surface area contributed by atoms with Crippen molar-refractivity contribution in [1.29, 1.82) is 0 Å². The molecule has 2 N–H and O–H groups in total. The van der Waals surface area contributed by atoms with Crippen LogP contribution in [0, 0.1) is 11.8 Å². The van der Waals surface area contributed by atoms with Crippen molar-refractivity contribution < 1.29 is 0 Å². The Labute approximate surface area is 202 Å². The molecule has 0 aromatic carbocycles. The average molecular weight is 450 g/mol. The second kappa shape index (κ2) is 11.1. The van der Waals surface area contributed by atoms with Gasteiger partial charge in [0.2, 0.25) is 0 Å². The van der Waals surface area contributed by atoms with Crippen LogP contribution in [0.5, 0.6) is 0 Å². The van der Waals surface area contributed by atoms with E-state index in [1.54, 1.807) is 0 Å². The third-order valence-corrected chi connectivity index (χ3v) is 8.18. The van der Waals surface area contributed by atoms with Crippen LogP contribution < -0.4 is 10.6 Å². The third-order valence-electron chi connectivity index (χ3n) is 8.18. The van der Waals surface area contributed by atoms with Crippen molar-refractivity contribution in [1.82, 2.24) is 15.5 Å². The molecule has 3 nitrogen and oxygen atoms in total. The van der Waals surface area contributed by atoms with E-state index in [0.717, 1.165) is 11.8 Å². The molecule has 1 unspecified atom stereocenters. The molecule has 3 heteroatoms. The van der Waals surface area contributed by atoms with Crippen molar-refractivity contribution in [3.63, 3.8) is 0 Å². The van der Waals surface area contributed by atoms with Gasteiger partial charge in [0, 0.05) is 28.2 Å². The summed E-state index contributed by atoms with van der Waals surface area (Å²) < 4.78 is 0. The molecule has 0 aromatic heterocycles.